The van der Waals surface area contributed by atoms with Crippen LogP contribution in [-0.2, 0) is 19.6 Å². The normalized spacial score (nSPS) is 10.8. The molecule has 0 spiro atoms. The van der Waals surface area contributed by atoms with Crippen molar-refractivity contribution >= 4 is 23.2 Å². The third-order valence-electron chi connectivity index (χ3n) is 4.49. The maximum absolute atomic E-state index is 13.8. The zero-order valence-electron chi connectivity index (χ0n) is 16.1. The highest BCUT2D eigenvalue weighted by Gasteiger charge is 2.12. The number of hydrogen-bond donors (Lipinski definition) is 1. The van der Waals surface area contributed by atoms with Gasteiger partial charge in [-0.05, 0) is 48.4 Å². The summed E-state index contributed by atoms with van der Waals surface area (Å²) in [6, 6.07) is 17.9. The van der Waals surface area contributed by atoms with Crippen LogP contribution in [0.5, 0.6) is 11.5 Å². The van der Waals surface area contributed by atoms with Crippen LogP contribution in [0.1, 0.15) is 16.7 Å². The molecule has 152 valence electrons. The Labute approximate surface area is 180 Å². The van der Waals surface area contributed by atoms with Crippen molar-refractivity contribution in [2.24, 2.45) is 0 Å². The van der Waals surface area contributed by atoms with Crippen molar-refractivity contribution in [3.8, 4) is 11.5 Å². The summed E-state index contributed by atoms with van der Waals surface area (Å²) < 4.78 is 25.0. The fraction of sp³-hybridized carbons (Fsp3) is 0.217. The lowest BCUT2D eigenvalue weighted by Crippen LogP contribution is -2.17. The second-order valence-corrected chi connectivity index (χ2v) is 7.37. The first-order valence-electron chi connectivity index (χ1n) is 9.24. The molecule has 0 aliphatic rings. The van der Waals surface area contributed by atoms with Gasteiger partial charge in [0.15, 0.2) is 11.5 Å². The quantitative estimate of drug-likeness (QED) is 0.416. The van der Waals surface area contributed by atoms with Gasteiger partial charge in [-0.15, -0.1) is 0 Å². The van der Waals surface area contributed by atoms with E-state index in [4.69, 9.17) is 32.7 Å². The summed E-state index contributed by atoms with van der Waals surface area (Å²) in [6.45, 7) is 1.49. The number of rotatable bonds is 9. The smallest absolute Gasteiger partial charge is 0.163 e. The number of nitrogens with one attached hydrogen (secondary N) is 1. The van der Waals surface area contributed by atoms with Gasteiger partial charge in [0.2, 0.25) is 0 Å². The Hall–Kier alpha value is -2.27. The first-order valence-corrected chi connectivity index (χ1v) is 10.00. The van der Waals surface area contributed by atoms with E-state index >= 15 is 0 Å². The van der Waals surface area contributed by atoms with E-state index in [1.807, 2.05) is 30.3 Å². The highest BCUT2D eigenvalue weighted by atomic mass is 35.5. The highest BCUT2D eigenvalue weighted by molar-refractivity contribution is 6.31. The summed E-state index contributed by atoms with van der Waals surface area (Å²) in [5.41, 5.74) is 2.58. The van der Waals surface area contributed by atoms with Gasteiger partial charge in [-0.25, -0.2) is 4.39 Å². The molecular formula is C23H22Cl2FNO2. The van der Waals surface area contributed by atoms with Crippen molar-refractivity contribution in [3.05, 3.63) is 93.2 Å². The van der Waals surface area contributed by atoms with Crippen LogP contribution in [-0.4, -0.2) is 13.7 Å². The third kappa shape index (κ3) is 6.10. The molecule has 29 heavy (non-hydrogen) atoms. The van der Waals surface area contributed by atoms with Crippen LogP contribution in [0.25, 0.3) is 0 Å². The van der Waals surface area contributed by atoms with E-state index in [2.05, 4.69) is 5.32 Å². The SMILES string of the molecule is COc1cc(CNCCc2ccc(Cl)cc2)c(Cl)cc1OCc1ccccc1F. The summed E-state index contributed by atoms with van der Waals surface area (Å²) in [6.07, 6.45) is 0.885. The molecule has 0 unspecified atom stereocenters. The molecule has 0 fully saturated rings. The number of hydrogen-bond acceptors (Lipinski definition) is 3. The van der Waals surface area contributed by atoms with Crippen LogP contribution in [0.4, 0.5) is 4.39 Å². The Kier molecular flexibility index (Phi) is 7.76. The number of ether oxygens (including phenoxy) is 2. The van der Waals surface area contributed by atoms with E-state index in [9.17, 15) is 4.39 Å². The van der Waals surface area contributed by atoms with Gasteiger partial charge in [0.05, 0.1) is 7.11 Å². The van der Waals surface area contributed by atoms with Gasteiger partial charge >= 0.3 is 0 Å². The third-order valence-corrected chi connectivity index (χ3v) is 5.10. The van der Waals surface area contributed by atoms with E-state index in [1.54, 1.807) is 31.4 Å². The summed E-state index contributed by atoms with van der Waals surface area (Å²) in [5.74, 6) is 0.727. The highest BCUT2D eigenvalue weighted by Crippen LogP contribution is 2.34. The monoisotopic (exact) mass is 433 g/mol. The van der Waals surface area contributed by atoms with Crippen LogP contribution in [0.15, 0.2) is 60.7 Å². The molecule has 0 bridgehead atoms. The van der Waals surface area contributed by atoms with Crippen molar-refractivity contribution in [2.75, 3.05) is 13.7 Å². The standard InChI is InChI=1S/C23H22Cl2FNO2/c1-28-22-12-18(14-27-11-10-16-6-8-19(24)9-7-16)20(25)13-23(22)29-15-17-4-2-3-5-21(17)26/h2-9,12-13,27H,10-11,14-15H2,1H3. The van der Waals surface area contributed by atoms with E-state index in [0.717, 1.165) is 23.6 Å². The molecule has 0 atom stereocenters. The predicted octanol–water partition coefficient (Wildman–Crippen LogP) is 6.05. The first-order chi connectivity index (χ1) is 14.1. The van der Waals surface area contributed by atoms with E-state index in [-0.39, 0.29) is 12.4 Å². The number of methoxy groups -OCH3 is 1. The second kappa shape index (κ2) is 10.5. The topological polar surface area (TPSA) is 30.5 Å². The number of halogens is 3. The van der Waals surface area contributed by atoms with Gasteiger partial charge in [-0.3, -0.25) is 0 Å². The van der Waals surface area contributed by atoms with E-state index < -0.39 is 0 Å². The molecule has 1 N–H and O–H groups in total. The van der Waals surface area contributed by atoms with Gasteiger partial charge < -0.3 is 14.8 Å². The van der Waals surface area contributed by atoms with Gasteiger partial charge in [-0.1, -0.05) is 53.5 Å². The summed E-state index contributed by atoms with van der Waals surface area (Å²) in [4.78, 5) is 0. The van der Waals surface area contributed by atoms with Crippen molar-refractivity contribution in [2.45, 2.75) is 19.6 Å². The molecule has 0 radical (unpaired) electrons. The maximum atomic E-state index is 13.8. The number of benzene rings is 3. The Bertz CT molecular complexity index is 948. The Balaban J connectivity index is 1.58. The van der Waals surface area contributed by atoms with Gasteiger partial charge in [-0.2, -0.15) is 0 Å². The Morgan fingerprint density at radius 2 is 1.69 bits per heavy atom. The molecule has 3 aromatic rings. The summed E-state index contributed by atoms with van der Waals surface area (Å²) in [7, 11) is 1.57. The zero-order chi connectivity index (χ0) is 20.6. The van der Waals surface area contributed by atoms with Gasteiger partial charge in [0.25, 0.3) is 0 Å². The van der Waals surface area contributed by atoms with Crippen LogP contribution in [0.2, 0.25) is 10.0 Å². The first kappa shape index (κ1) is 21.4. The molecular weight excluding hydrogens is 412 g/mol. The molecule has 0 amide bonds. The van der Waals surface area contributed by atoms with E-state index in [1.165, 1.54) is 11.6 Å². The molecule has 0 aromatic heterocycles. The largest absolute Gasteiger partial charge is 0.493 e. The van der Waals surface area contributed by atoms with Crippen molar-refractivity contribution in [1.82, 2.24) is 5.32 Å². The second-order valence-electron chi connectivity index (χ2n) is 6.53. The molecule has 3 nitrogen and oxygen atoms in total. The zero-order valence-corrected chi connectivity index (χ0v) is 17.6. The minimum absolute atomic E-state index is 0.0953. The minimum Gasteiger partial charge on any atom is -0.493 e. The van der Waals surface area contributed by atoms with Gasteiger partial charge in [0.1, 0.15) is 12.4 Å². The Morgan fingerprint density at radius 1 is 0.931 bits per heavy atom. The van der Waals surface area contributed by atoms with Crippen LogP contribution < -0.4 is 14.8 Å². The maximum Gasteiger partial charge on any atom is 0.163 e. The van der Waals surface area contributed by atoms with Gasteiger partial charge in [0, 0.05) is 28.2 Å². The van der Waals surface area contributed by atoms with E-state index in [0.29, 0.717) is 28.6 Å². The summed E-state index contributed by atoms with van der Waals surface area (Å²) in [5, 5.41) is 4.68. The minimum atomic E-state index is -0.306. The molecule has 6 heteroatoms. The Morgan fingerprint density at radius 3 is 2.41 bits per heavy atom. The van der Waals surface area contributed by atoms with Crippen molar-refractivity contribution in [3.63, 3.8) is 0 Å². The van der Waals surface area contributed by atoms with Crippen molar-refractivity contribution < 1.29 is 13.9 Å². The average Bonchev–Trinajstić information content (AvgIpc) is 2.73. The lowest BCUT2D eigenvalue weighted by Gasteiger charge is -2.14. The predicted molar refractivity (Wildman–Crippen MR) is 116 cm³/mol. The average molecular weight is 434 g/mol. The van der Waals surface area contributed by atoms with Crippen LogP contribution >= 0.6 is 23.2 Å². The lowest BCUT2D eigenvalue weighted by molar-refractivity contribution is 0.279. The van der Waals surface area contributed by atoms with Crippen LogP contribution in [0.3, 0.4) is 0 Å². The molecule has 0 aliphatic carbocycles. The lowest BCUT2D eigenvalue weighted by atomic mass is 10.1. The van der Waals surface area contributed by atoms with Crippen molar-refractivity contribution in [1.29, 1.82) is 0 Å². The van der Waals surface area contributed by atoms with Crippen LogP contribution in [0, 0.1) is 5.82 Å². The molecule has 0 aliphatic heterocycles. The molecule has 0 heterocycles. The fourth-order valence-electron chi connectivity index (χ4n) is 2.86. The molecule has 3 aromatic carbocycles. The molecule has 0 saturated heterocycles. The molecule has 3 rings (SSSR count). The fourth-order valence-corrected chi connectivity index (χ4v) is 3.21. The summed E-state index contributed by atoms with van der Waals surface area (Å²) >= 11 is 12.3. The molecule has 0 saturated carbocycles.